The minimum absolute atomic E-state index is 0.628. The van der Waals surface area contributed by atoms with Crippen LogP contribution in [0.1, 0.15) is 22.3 Å². The number of hydrogen-bond donors (Lipinski definition) is 0. The SMILES string of the molecule is Clc1ccc2c(c1)C(c1ccccc1)(c1ccc(-c3ccccc3)cc1)c1c(-c3ccccc3)ccc(-c3ccc(-c4ccccc4)cc3)c1-2. The van der Waals surface area contributed by atoms with Gasteiger partial charge in [0.05, 0.1) is 5.41 Å². The summed E-state index contributed by atoms with van der Waals surface area (Å²) in [7, 11) is 0. The van der Waals surface area contributed by atoms with E-state index < -0.39 is 5.41 Å². The van der Waals surface area contributed by atoms with Crippen LogP contribution in [0.5, 0.6) is 0 Å². The first kappa shape index (κ1) is 30.1. The van der Waals surface area contributed by atoms with Crippen molar-refractivity contribution in [2.75, 3.05) is 0 Å². The molecule has 1 unspecified atom stereocenters. The van der Waals surface area contributed by atoms with Crippen LogP contribution in [0.2, 0.25) is 5.02 Å². The Hall–Kier alpha value is -5.95. The molecule has 0 aromatic heterocycles. The van der Waals surface area contributed by atoms with Gasteiger partial charge in [0.2, 0.25) is 0 Å². The Morgan fingerprint density at radius 2 is 0.720 bits per heavy atom. The van der Waals surface area contributed by atoms with Gasteiger partial charge < -0.3 is 0 Å². The van der Waals surface area contributed by atoms with Crippen LogP contribution in [-0.2, 0) is 5.41 Å². The van der Waals surface area contributed by atoms with Crippen molar-refractivity contribution in [1.82, 2.24) is 0 Å². The predicted molar refractivity (Wildman–Crippen MR) is 210 cm³/mol. The molecular formula is C49H33Cl. The number of rotatable bonds is 6. The lowest BCUT2D eigenvalue weighted by Gasteiger charge is -2.35. The minimum Gasteiger partial charge on any atom is -0.0843 e. The molecule has 0 saturated heterocycles. The Bertz CT molecular complexity index is 2430. The van der Waals surface area contributed by atoms with Crippen LogP contribution in [0.25, 0.3) is 55.6 Å². The molecule has 0 radical (unpaired) electrons. The maximum Gasteiger partial charge on any atom is 0.0720 e. The summed E-state index contributed by atoms with van der Waals surface area (Å²) in [5, 5.41) is 0.729. The maximum absolute atomic E-state index is 6.96. The summed E-state index contributed by atoms with van der Waals surface area (Å²) in [5.74, 6) is 0. The van der Waals surface area contributed by atoms with E-state index in [2.05, 4.69) is 194 Å². The van der Waals surface area contributed by atoms with Crippen LogP contribution in [-0.4, -0.2) is 0 Å². The summed E-state index contributed by atoms with van der Waals surface area (Å²) < 4.78 is 0. The Kier molecular flexibility index (Phi) is 7.53. The van der Waals surface area contributed by atoms with Crippen molar-refractivity contribution >= 4 is 11.6 Å². The molecule has 0 aliphatic heterocycles. The molecule has 50 heavy (non-hydrogen) atoms. The number of fused-ring (bicyclic) bond motifs is 3. The van der Waals surface area contributed by atoms with E-state index in [0.717, 1.165) is 5.02 Å². The quantitative estimate of drug-likeness (QED) is 0.167. The van der Waals surface area contributed by atoms with Crippen molar-refractivity contribution in [2.45, 2.75) is 5.41 Å². The summed E-state index contributed by atoms with van der Waals surface area (Å²) in [4.78, 5) is 0. The summed E-state index contributed by atoms with van der Waals surface area (Å²) in [6.07, 6.45) is 0. The van der Waals surface area contributed by atoms with Crippen LogP contribution < -0.4 is 0 Å². The molecule has 236 valence electrons. The van der Waals surface area contributed by atoms with E-state index in [1.54, 1.807) is 0 Å². The highest BCUT2D eigenvalue weighted by molar-refractivity contribution is 6.31. The van der Waals surface area contributed by atoms with Crippen molar-refractivity contribution in [3.63, 3.8) is 0 Å². The molecule has 9 rings (SSSR count). The van der Waals surface area contributed by atoms with Gasteiger partial charge in [0.1, 0.15) is 0 Å². The first-order valence-corrected chi connectivity index (χ1v) is 17.5. The van der Waals surface area contributed by atoms with E-state index in [4.69, 9.17) is 11.6 Å². The van der Waals surface area contributed by atoms with E-state index >= 15 is 0 Å². The molecule has 0 spiro atoms. The minimum atomic E-state index is -0.628. The summed E-state index contributed by atoms with van der Waals surface area (Å²) in [5.41, 5.74) is 16.3. The van der Waals surface area contributed by atoms with Crippen molar-refractivity contribution in [3.8, 4) is 55.6 Å². The second-order valence-electron chi connectivity index (χ2n) is 13.0. The van der Waals surface area contributed by atoms with Crippen molar-refractivity contribution in [2.24, 2.45) is 0 Å². The van der Waals surface area contributed by atoms with Crippen LogP contribution in [0.4, 0.5) is 0 Å². The summed E-state index contributed by atoms with van der Waals surface area (Å²) >= 11 is 6.96. The van der Waals surface area contributed by atoms with E-state index in [1.807, 2.05) is 6.07 Å². The van der Waals surface area contributed by atoms with Crippen LogP contribution in [0, 0.1) is 0 Å². The molecule has 0 nitrogen and oxygen atoms in total. The van der Waals surface area contributed by atoms with Gasteiger partial charge in [-0.25, -0.2) is 0 Å². The molecule has 0 bridgehead atoms. The van der Waals surface area contributed by atoms with E-state index in [0.29, 0.717) is 0 Å². The Balaban J connectivity index is 1.37. The number of benzene rings is 8. The molecule has 1 aliphatic carbocycles. The van der Waals surface area contributed by atoms with E-state index in [1.165, 1.54) is 77.9 Å². The fourth-order valence-electron chi connectivity index (χ4n) is 8.02. The number of halogens is 1. The molecule has 8 aromatic carbocycles. The molecular weight excluding hydrogens is 624 g/mol. The topological polar surface area (TPSA) is 0 Å². The standard InChI is InChI=1S/C49H33Cl/c50-42-29-30-45-46(33-42)49(40-19-11-4-12-20-40,41-27-25-37(26-28-41)35-15-7-2-8-16-35)48-44(38-17-9-3-10-18-38)32-31-43(47(45)48)39-23-21-36(22-24-39)34-13-5-1-6-14-34/h1-33H. The Labute approximate surface area is 298 Å². The van der Waals surface area contributed by atoms with Gasteiger partial charge in [-0.3, -0.25) is 0 Å². The predicted octanol–water partition coefficient (Wildman–Crippen LogP) is 13.4. The largest absolute Gasteiger partial charge is 0.0843 e. The zero-order valence-electron chi connectivity index (χ0n) is 27.4. The van der Waals surface area contributed by atoms with Crippen molar-refractivity contribution in [3.05, 3.63) is 227 Å². The van der Waals surface area contributed by atoms with E-state index in [-0.39, 0.29) is 0 Å². The van der Waals surface area contributed by atoms with E-state index in [9.17, 15) is 0 Å². The fraction of sp³-hybridized carbons (Fsp3) is 0.0204. The highest BCUT2D eigenvalue weighted by atomic mass is 35.5. The lowest BCUT2D eigenvalue weighted by molar-refractivity contribution is 0.770. The van der Waals surface area contributed by atoms with Crippen LogP contribution >= 0.6 is 11.6 Å². The molecule has 0 saturated carbocycles. The molecule has 0 fully saturated rings. The summed E-state index contributed by atoms with van der Waals surface area (Å²) in [6, 6.07) is 72.3. The Morgan fingerprint density at radius 3 is 1.30 bits per heavy atom. The lowest BCUT2D eigenvalue weighted by atomic mass is 9.65. The third-order valence-corrected chi connectivity index (χ3v) is 10.5. The third-order valence-electron chi connectivity index (χ3n) is 10.3. The zero-order chi connectivity index (χ0) is 33.5. The number of hydrogen-bond acceptors (Lipinski definition) is 0. The summed E-state index contributed by atoms with van der Waals surface area (Å²) in [6.45, 7) is 0. The average Bonchev–Trinajstić information content (AvgIpc) is 3.50. The molecule has 1 heteroatoms. The van der Waals surface area contributed by atoms with Crippen molar-refractivity contribution in [1.29, 1.82) is 0 Å². The van der Waals surface area contributed by atoms with Gasteiger partial charge in [0.25, 0.3) is 0 Å². The fourth-order valence-corrected chi connectivity index (χ4v) is 8.19. The molecule has 1 atom stereocenters. The van der Waals surface area contributed by atoms with Gasteiger partial charge in [-0.1, -0.05) is 200 Å². The van der Waals surface area contributed by atoms with Crippen molar-refractivity contribution < 1.29 is 0 Å². The van der Waals surface area contributed by atoms with Crippen LogP contribution in [0.3, 0.4) is 0 Å². The van der Waals surface area contributed by atoms with Gasteiger partial charge in [-0.05, 0) is 90.0 Å². The molecule has 8 aromatic rings. The second-order valence-corrected chi connectivity index (χ2v) is 13.4. The van der Waals surface area contributed by atoms with Gasteiger partial charge in [0, 0.05) is 5.02 Å². The Morgan fingerprint density at radius 1 is 0.320 bits per heavy atom. The molecule has 1 aliphatic rings. The maximum atomic E-state index is 6.96. The van der Waals surface area contributed by atoms with Gasteiger partial charge in [-0.15, -0.1) is 0 Å². The smallest absolute Gasteiger partial charge is 0.0720 e. The lowest BCUT2D eigenvalue weighted by Crippen LogP contribution is -2.29. The molecule has 0 heterocycles. The third kappa shape index (κ3) is 4.92. The van der Waals surface area contributed by atoms with Gasteiger partial charge >= 0.3 is 0 Å². The highest BCUT2D eigenvalue weighted by Crippen LogP contribution is 2.61. The van der Waals surface area contributed by atoms with Crippen LogP contribution in [0.15, 0.2) is 200 Å². The molecule has 0 N–H and O–H groups in total. The average molecular weight is 657 g/mol. The normalized spacial score (nSPS) is 14.6. The first-order chi connectivity index (χ1) is 24.7. The highest BCUT2D eigenvalue weighted by Gasteiger charge is 2.48. The van der Waals surface area contributed by atoms with Gasteiger partial charge in [0.15, 0.2) is 0 Å². The first-order valence-electron chi connectivity index (χ1n) is 17.1. The van der Waals surface area contributed by atoms with Gasteiger partial charge in [-0.2, -0.15) is 0 Å². The second kappa shape index (κ2) is 12.5. The molecule has 0 amide bonds. The zero-order valence-corrected chi connectivity index (χ0v) is 28.2. The monoisotopic (exact) mass is 656 g/mol.